The molecule has 0 heterocycles. The Morgan fingerprint density at radius 2 is 1.57 bits per heavy atom. The predicted molar refractivity (Wildman–Crippen MR) is 91.7 cm³/mol. The maximum Gasteiger partial charge on any atom is 0.132 e. The zero-order valence-electron chi connectivity index (χ0n) is 14.1. The average molecular weight is 322 g/mol. The van der Waals surface area contributed by atoms with Crippen molar-refractivity contribution in [2.75, 3.05) is 0 Å². The van der Waals surface area contributed by atoms with Crippen LogP contribution in [0.4, 0.5) is 0 Å². The van der Waals surface area contributed by atoms with Gasteiger partial charge < -0.3 is 15.3 Å². The van der Waals surface area contributed by atoms with Gasteiger partial charge in [0.25, 0.3) is 0 Å². The number of aliphatic hydroxyl groups is 1. The van der Waals surface area contributed by atoms with Crippen LogP contribution in [0.25, 0.3) is 0 Å². The van der Waals surface area contributed by atoms with Crippen molar-refractivity contribution in [3.05, 3.63) is 23.8 Å². The van der Waals surface area contributed by atoms with E-state index < -0.39 is 6.10 Å². The van der Waals surface area contributed by atoms with Gasteiger partial charge in [-0.25, -0.2) is 0 Å². The van der Waals surface area contributed by atoms with Gasteiger partial charge in [0.15, 0.2) is 0 Å². The van der Waals surface area contributed by atoms with Crippen molar-refractivity contribution in [2.45, 2.75) is 77.2 Å². The number of phenolic OH excluding ortho intramolecular Hbond substituents is 2. The molecule has 3 N–H and O–H groups in total. The first-order valence-electron chi connectivity index (χ1n) is 8.73. The van der Waals surface area contributed by atoms with Crippen molar-refractivity contribution >= 4 is 5.78 Å². The summed E-state index contributed by atoms with van der Waals surface area (Å²) < 4.78 is 0. The minimum absolute atomic E-state index is 0.00813. The highest BCUT2D eigenvalue weighted by Crippen LogP contribution is 2.22. The lowest BCUT2D eigenvalue weighted by atomic mass is 10.0. The smallest absolute Gasteiger partial charge is 0.132 e. The van der Waals surface area contributed by atoms with Crippen molar-refractivity contribution < 1.29 is 20.1 Å². The monoisotopic (exact) mass is 322 g/mol. The highest BCUT2D eigenvalue weighted by molar-refractivity contribution is 5.78. The highest BCUT2D eigenvalue weighted by atomic mass is 16.3. The largest absolute Gasteiger partial charge is 0.508 e. The fourth-order valence-electron chi connectivity index (χ4n) is 2.72. The maximum absolute atomic E-state index is 11.6. The molecule has 0 radical (unpaired) electrons. The molecule has 0 aliphatic rings. The number of Topliss-reactive ketones (excluding diaryl/α,β-unsaturated/α-hetero) is 1. The number of benzene rings is 1. The second kappa shape index (κ2) is 11.1. The molecule has 0 spiro atoms. The minimum Gasteiger partial charge on any atom is -0.508 e. The summed E-state index contributed by atoms with van der Waals surface area (Å²) in [6.45, 7) is 2.13. The first kappa shape index (κ1) is 19.5. The van der Waals surface area contributed by atoms with E-state index in [9.17, 15) is 20.1 Å². The maximum atomic E-state index is 11.6. The van der Waals surface area contributed by atoms with Gasteiger partial charge in [0, 0.05) is 18.9 Å². The third kappa shape index (κ3) is 9.24. The molecule has 0 unspecified atom stereocenters. The van der Waals surface area contributed by atoms with Crippen LogP contribution >= 0.6 is 0 Å². The summed E-state index contributed by atoms with van der Waals surface area (Å²) in [7, 11) is 0. The molecule has 0 fully saturated rings. The quantitative estimate of drug-likeness (QED) is 0.506. The Hall–Kier alpha value is -1.55. The molecule has 0 amide bonds. The molecule has 1 aromatic carbocycles. The van der Waals surface area contributed by atoms with Crippen LogP contribution in [0.5, 0.6) is 11.5 Å². The molecule has 0 saturated heterocycles. The van der Waals surface area contributed by atoms with Crippen LogP contribution < -0.4 is 0 Å². The summed E-state index contributed by atoms with van der Waals surface area (Å²) in [5.41, 5.74) is 0.723. The van der Waals surface area contributed by atoms with Crippen LogP contribution in [0.15, 0.2) is 18.2 Å². The van der Waals surface area contributed by atoms with Gasteiger partial charge in [-0.15, -0.1) is 0 Å². The second-order valence-corrected chi connectivity index (χ2v) is 6.31. The van der Waals surface area contributed by atoms with Gasteiger partial charge in [-0.2, -0.15) is 0 Å². The lowest BCUT2D eigenvalue weighted by Gasteiger charge is -2.11. The van der Waals surface area contributed by atoms with Gasteiger partial charge in [0.1, 0.15) is 17.3 Å². The van der Waals surface area contributed by atoms with Gasteiger partial charge in [0.2, 0.25) is 0 Å². The second-order valence-electron chi connectivity index (χ2n) is 6.31. The predicted octanol–water partition coefficient (Wildman–Crippen LogP) is 4.10. The average Bonchev–Trinajstić information content (AvgIpc) is 2.46. The number of carbonyl (C=O) groups excluding carboxylic acids is 1. The van der Waals surface area contributed by atoms with E-state index in [4.69, 9.17) is 0 Å². The summed E-state index contributed by atoms with van der Waals surface area (Å²) in [6, 6.07) is 4.38. The van der Waals surface area contributed by atoms with Crippen molar-refractivity contribution in [2.24, 2.45) is 0 Å². The Morgan fingerprint density at radius 1 is 0.957 bits per heavy atom. The van der Waals surface area contributed by atoms with E-state index in [2.05, 4.69) is 6.92 Å². The normalized spacial score (nSPS) is 12.3. The van der Waals surface area contributed by atoms with Gasteiger partial charge in [0.05, 0.1) is 6.10 Å². The van der Waals surface area contributed by atoms with Crippen LogP contribution in [-0.4, -0.2) is 27.2 Å². The number of aromatic hydroxyl groups is 2. The molecule has 0 aliphatic heterocycles. The van der Waals surface area contributed by atoms with E-state index >= 15 is 0 Å². The Kier molecular flexibility index (Phi) is 9.37. The SMILES string of the molecule is CCCCCC(=O)CCCCC[C@@H](O)Cc1cc(O)cc(O)c1. The van der Waals surface area contributed by atoms with Gasteiger partial charge >= 0.3 is 0 Å². The number of unbranched alkanes of at least 4 members (excludes halogenated alkanes) is 4. The Bertz CT molecular complexity index is 450. The summed E-state index contributed by atoms with van der Waals surface area (Å²) in [5, 5.41) is 28.8. The number of hydrogen-bond acceptors (Lipinski definition) is 4. The molecule has 1 atom stereocenters. The van der Waals surface area contributed by atoms with Gasteiger partial charge in [-0.3, -0.25) is 4.79 Å². The minimum atomic E-state index is -0.489. The molecule has 4 nitrogen and oxygen atoms in total. The van der Waals surface area contributed by atoms with Crippen molar-refractivity contribution in [1.29, 1.82) is 0 Å². The topological polar surface area (TPSA) is 77.8 Å². The third-order valence-corrected chi connectivity index (χ3v) is 3.99. The molecule has 23 heavy (non-hydrogen) atoms. The van der Waals surface area contributed by atoms with Crippen LogP contribution in [0.1, 0.15) is 70.3 Å². The van der Waals surface area contributed by atoms with E-state index in [1.165, 1.54) is 6.07 Å². The number of rotatable bonds is 12. The Balaban J connectivity index is 2.12. The van der Waals surface area contributed by atoms with Gasteiger partial charge in [-0.1, -0.05) is 32.6 Å². The number of carbonyl (C=O) groups is 1. The fourth-order valence-corrected chi connectivity index (χ4v) is 2.72. The number of phenols is 2. The standard InChI is InChI=1S/C19H30O4/c1-2-3-5-8-16(20)9-6-4-7-10-17(21)11-15-12-18(22)14-19(23)13-15/h12-14,17,21-23H,2-11H2,1H3/t17-/m1/s1. The molecular weight excluding hydrogens is 292 g/mol. The molecule has 0 aliphatic carbocycles. The first-order chi connectivity index (χ1) is 11.0. The molecular formula is C19H30O4. The van der Waals surface area contributed by atoms with Crippen LogP contribution in [0.3, 0.4) is 0 Å². The van der Waals surface area contributed by atoms with Crippen LogP contribution in [0, 0.1) is 0 Å². The number of ketones is 1. The van der Waals surface area contributed by atoms with Crippen LogP contribution in [0.2, 0.25) is 0 Å². The van der Waals surface area contributed by atoms with Crippen LogP contribution in [-0.2, 0) is 11.2 Å². The molecule has 0 bridgehead atoms. The summed E-state index contributed by atoms with van der Waals surface area (Å²) in [6.07, 6.45) is 7.95. The Labute approximate surface area is 139 Å². The van der Waals surface area contributed by atoms with E-state index in [1.54, 1.807) is 12.1 Å². The molecule has 1 rings (SSSR count). The molecule has 0 saturated carbocycles. The Morgan fingerprint density at radius 3 is 2.17 bits per heavy atom. The number of hydrogen-bond donors (Lipinski definition) is 3. The van der Waals surface area contributed by atoms with E-state index in [0.29, 0.717) is 31.5 Å². The molecule has 130 valence electrons. The van der Waals surface area contributed by atoms with Gasteiger partial charge in [-0.05, 0) is 43.4 Å². The van der Waals surface area contributed by atoms with Crippen molar-refractivity contribution in [3.8, 4) is 11.5 Å². The summed E-state index contributed by atoms with van der Waals surface area (Å²) >= 11 is 0. The van der Waals surface area contributed by atoms with Crippen molar-refractivity contribution in [1.82, 2.24) is 0 Å². The van der Waals surface area contributed by atoms with E-state index in [0.717, 1.165) is 44.1 Å². The lowest BCUT2D eigenvalue weighted by molar-refractivity contribution is -0.119. The lowest BCUT2D eigenvalue weighted by Crippen LogP contribution is -2.10. The molecule has 1 aromatic rings. The molecule has 0 aromatic heterocycles. The molecule has 4 heteroatoms. The summed E-state index contributed by atoms with van der Waals surface area (Å²) in [4.78, 5) is 11.6. The van der Waals surface area contributed by atoms with E-state index in [1.807, 2.05) is 0 Å². The zero-order chi connectivity index (χ0) is 17.1. The zero-order valence-corrected chi connectivity index (χ0v) is 14.1. The van der Waals surface area contributed by atoms with E-state index in [-0.39, 0.29) is 11.5 Å². The third-order valence-electron chi connectivity index (χ3n) is 3.99. The number of aliphatic hydroxyl groups excluding tert-OH is 1. The highest BCUT2D eigenvalue weighted by Gasteiger charge is 2.08. The summed E-state index contributed by atoms with van der Waals surface area (Å²) in [5.74, 6) is 0.372. The first-order valence-corrected chi connectivity index (χ1v) is 8.73. The van der Waals surface area contributed by atoms with Crippen molar-refractivity contribution in [3.63, 3.8) is 0 Å². The fraction of sp³-hybridized carbons (Fsp3) is 0.632.